The summed E-state index contributed by atoms with van der Waals surface area (Å²) >= 11 is 0. The Balaban J connectivity index is 1.43. The number of rotatable bonds is 5. The van der Waals surface area contributed by atoms with Crippen molar-refractivity contribution in [2.75, 3.05) is 31.6 Å². The standard InChI is InChI=1S/C21H23N3O5/c25-21(22-16-4-1-5-17(13-16)24(26)27)14-23-9-2-6-18(23)15-7-8-19-20(12-15)29-11-3-10-28-19/h1,4-5,7-8,12-13,18H,2-3,6,9-11,14H2,(H,22,25)/p+1/t18-/m0/s1. The van der Waals surface area contributed by atoms with Crippen LogP contribution in [0.15, 0.2) is 42.5 Å². The minimum Gasteiger partial charge on any atom is -0.490 e. The summed E-state index contributed by atoms with van der Waals surface area (Å²) in [4.78, 5) is 24.2. The molecule has 2 atom stereocenters. The van der Waals surface area contributed by atoms with Crippen LogP contribution in [0.4, 0.5) is 11.4 Å². The van der Waals surface area contributed by atoms with Gasteiger partial charge in [0, 0.05) is 42.6 Å². The molecule has 0 aromatic heterocycles. The molecular weight excluding hydrogens is 374 g/mol. The molecule has 29 heavy (non-hydrogen) atoms. The number of anilines is 1. The molecule has 1 amide bonds. The molecule has 2 aliphatic rings. The number of benzene rings is 2. The Bertz CT molecular complexity index is 917. The third kappa shape index (κ3) is 4.48. The van der Waals surface area contributed by atoms with Gasteiger partial charge in [0.2, 0.25) is 0 Å². The quantitative estimate of drug-likeness (QED) is 0.594. The Morgan fingerprint density at radius 3 is 2.79 bits per heavy atom. The maximum Gasteiger partial charge on any atom is 0.279 e. The lowest BCUT2D eigenvalue weighted by atomic mass is 10.0. The minimum atomic E-state index is -0.471. The summed E-state index contributed by atoms with van der Waals surface area (Å²) in [6.45, 7) is 2.51. The number of carbonyl (C=O) groups is 1. The number of nitrogens with zero attached hydrogens (tertiary/aromatic N) is 1. The van der Waals surface area contributed by atoms with Crippen LogP contribution in [0.2, 0.25) is 0 Å². The normalized spacial score (nSPS) is 20.7. The van der Waals surface area contributed by atoms with E-state index in [4.69, 9.17) is 9.47 Å². The number of quaternary nitrogens is 1. The van der Waals surface area contributed by atoms with Gasteiger partial charge in [-0.3, -0.25) is 14.9 Å². The summed E-state index contributed by atoms with van der Waals surface area (Å²) in [5, 5.41) is 13.7. The maximum atomic E-state index is 12.6. The predicted molar refractivity (Wildman–Crippen MR) is 106 cm³/mol. The van der Waals surface area contributed by atoms with Gasteiger partial charge in [0.1, 0.15) is 6.04 Å². The summed E-state index contributed by atoms with van der Waals surface area (Å²) in [6, 6.07) is 12.3. The molecule has 0 radical (unpaired) electrons. The topological polar surface area (TPSA) is 95.1 Å². The zero-order valence-corrected chi connectivity index (χ0v) is 16.1. The highest BCUT2D eigenvalue weighted by Crippen LogP contribution is 2.33. The molecule has 8 heteroatoms. The van der Waals surface area contributed by atoms with Crippen LogP contribution in [-0.2, 0) is 4.79 Å². The third-order valence-corrected chi connectivity index (χ3v) is 5.39. The van der Waals surface area contributed by atoms with Crippen LogP contribution in [0, 0.1) is 10.1 Å². The van der Waals surface area contributed by atoms with E-state index in [9.17, 15) is 14.9 Å². The molecule has 0 spiro atoms. The maximum absolute atomic E-state index is 12.6. The van der Waals surface area contributed by atoms with E-state index in [1.165, 1.54) is 17.0 Å². The second-order valence-electron chi connectivity index (χ2n) is 7.39. The zero-order valence-electron chi connectivity index (χ0n) is 16.1. The van der Waals surface area contributed by atoms with Gasteiger partial charge < -0.3 is 19.7 Å². The van der Waals surface area contributed by atoms with Gasteiger partial charge in [0.05, 0.1) is 24.7 Å². The zero-order chi connectivity index (χ0) is 20.2. The van der Waals surface area contributed by atoms with E-state index in [1.54, 1.807) is 12.1 Å². The van der Waals surface area contributed by atoms with Crippen molar-refractivity contribution in [3.63, 3.8) is 0 Å². The van der Waals surface area contributed by atoms with Crippen LogP contribution < -0.4 is 19.7 Å². The van der Waals surface area contributed by atoms with E-state index in [-0.39, 0.29) is 17.6 Å². The fourth-order valence-electron chi connectivity index (χ4n) is 4.03. The number of amides is 1. The lowest BCUT2D eigenvalue weighted by Gasteiger charge is -2.22. The number of fused-ring (bicyclic) bond motifs is 1. The van der Waals surface area contributed by atoms with Gasteiger partial charge in [0.15, 0.2) is 18.0 Å². The number of hydrogen-bond donors (Lipinski definition) is 2. The first kappa shape index (κ1) is 19.2. The van der Waals surface area contributed by atoms with Crippen LogP contribution in [0.1, 0.15) is 30.9 Å². The highest BCUT2D eigenvalue weighted by molar-refractivity contribution is 5.91. The molecule has 2 heterocycles. The Hall–Kier alpha value is -3.13. The molecule has 0 aliphatic carbocycles. The largest absolute Gasteiger partial charge is 0.490 e. The van der Waals surface area contributed by atoms with Crippen molar-refractivity contribution in [3.05, 3.63) is 58.1 Å². The van der Waals surface area contributed by atoms with E-state index < -0.39 is 4.92 Å². The van der Waals surface area contributed by atoms with E-state index in [0.717, 1.165) is 42.9 Å². The van der Waals surface area contributed by atoms with Crippen molar-refractivity contribution in [2.24, 2.45) is 0 Å². The van der Waals surface area contributed by atoms with E-state index in [0.29, 0.717) is 25.4 Å². The van der Waals surface area contributed by atoms with Gasteiger partial charge in [-0.1, -0.05) is 6.07 Å². The molecule has 1 saturated heterocycles. The molecule has 8 nitrogen and oxygen atoms in total. The molecule has 4 rings (SSSR count). The number of ether oxygens (including phenoxy) is 2. The summed E-state index contributed by atoms with van der Waals surface area (Å²) in [6.07, 6.45) is 2.90. The molecule has 2 N–H and O–H groups in total. The summed E-state index contributed by atoms with van der Waals surface area (Å²) in [5.41, 5.74) is 1.54. The average Bonchev–Trinajstić information content (AvgIpc) is 3.03. The Morgan fingerprint density at radius 1 is 1.14 bits per heavy atom. The van der Waals surface area contributed by atoms with Crippen molar-refractivity contribution in [1.29, 1.82) is 0 Å². The van der Waals surface area contributed by atoms with Gasteiger partial charge >= 0.3 is 0 Å². The van der Waals surface area contributed by atoms with Crippen LogP contribution >= 0.6 is 0 Å². The van der Waals surface area contributed by atoms with Crippen molar-refractivity contribution < 1.29 is 24.1 Å². The monoisotopic (exact) mass is 398 g/mol. The van der Waals surface area contributed by atoms with Crippen molar-refractivity contribution in [1.82, 2.24) is 0 Å². The van der Waals surface area contributed by atoms with Crippen LogP contribution in [0.5, 0.6) is 11.5 Å². The highest BCUT2D eigenvalue weighted by Gasteiger charge is 2.32. The molecule has 0 saturated carbocycles. The van der Waals surface area contributed by atoms with Crippen molar-refractivity contribution in [3.8, 4) is 11.5 Å². The second kappa shape index (κ2) is 8.48. The lowest BCUT2D eigenvalue weighted by molar-refractivity contribution is -0.910. The molecule has 1 unspecified atom stereocenters. The predicted octanol–water partition coefficient (Wildman–Crippen LogP) is 2.11. The fraction of sp³-hybridized carbons (Fsp3) is 0.381. The van der Waals surface area contributed by atoms with E-state index in [2.05, 4.69) is 11.4 Å². The number of nitro groups is 1. The summed E-state index contributed by atoms with van der Waals surface area (Å²) in [5.74, 6) is 1.39. The number of non-ortho nitro benzene ring substituents is 1. The van der Waals surface area contributed by atoms with Crippen LogP contribution in [0.25, 0.3) is 0 Å². The summed E-state index contributed by atoms with van der Waals surface area (Å²) < 4.78 is 11.5. The van der Waals surface area contributed by atoms with Gasteiger partial charge in [0.25, 0.3) is 11.6 Å². The minimum absolute atomic E-state index is 0.0404. The average molecular weight is 398 g/mol. The first-order chi connectivity index (χ1) is 14.1. The number of likely N-dealkylation sites (tertiary alicyclic amines) is 1. The van der Waals surface area contributed by atoms with Crippen LogP contribution in [0.3, 0.4) is 0 Å². The number of nitro benzene ring substituents is 1. The number of carbonyl (C=O) groups excluding carboxylic acids is 1. The van der Waals surface area contributed by atoms with Gasteiger partial charge in [-0.25, -0.2) is 0 Å². The molecule has 2 aliphatic heterocycles. The molecule has 2 aromatic carbocycles. The van der Waals surface area contributed by atoms with Crippen LogP contribution in [-0.4, -0.2) is 37.1 Å². The Kier molecular flexibility index (Phi) is 5.62. The SMILES string of the molecule is O=C(C[NH+]1CCC[C@H]1c1ccc2c(c1)OCCCO2)Nc1cccc([N+](=O)[O-])c1. The first-order valence-electron chi connectivity index (χ1n) is 9.88. The smallest absolute Gasteiger partial charge is 0.279 e. The van der Waals surface area contributed by atoms with Gasteiger partial charge in [-0.05, 0) is 24.3 Å². The number of hydrogen-bond acceptors (Lipinski definition) is 5. The molecule has 1 fully saturated rings. The van der Waals surface area contributed by atoms with E-state index >= 15 is 0 Å². The molecule has 152 valence electrons. The lowest BCUT2D eigenvalue weighted by Crippen LogP contribution is -3.11. The molecule has 2 aromatic rings. The number of nitrogens with one attached hydrogen (secondary N) is 2. The molecule has 0 bridgehead atoms. The molecular formula is C21H24N3O5+. The first-order valence-corrected chi connectivity index (χ1v) is 9.88. The van der Waals surface area contributed by atoms with Gasteiger partial charge in [-0.2, -0.15) is 0 Å². The summed E-state index contributed by atoms with van der Waals surface area (Å²) in [7, 11) is 0. The van der Waals surface area contributed by atoms with Gasteiger partial charge in [-0.15, -0.1) is 0 Å². The Labute approximate surface area is 168 Å². The van der Waals surface area contributed by atoms with E-state index in [1.807, 2.05) is 12.1 Å². The van der Waals surface area contributed by atoms with Crippen molar-refractivity contribution in [2.45, 2.75) is 25.3 Å². The second-order valence-corrected chi connectivity index (χ2v) is 7.39. The van der Waals surface area contributed by atoms with Crippen molar-refractivity contribution >= 4 is 17.3 Å². The Morgan fingerprint density at radius 2 is 1.97 bits per heavy atom. The third-order valence-electron chi connectivity index (χ3n) is 5.39. The fourth-order valence-corrected chi connectivity index (χ4v) is 4.03. The highest BCUT2D eigenvalue weighted by atomic mass is 16.6.